The zero-order valence-electron chi connectivity index (χ0n) is 11.3. The fraction of sp³-hybridized carbons (Fsp3) is 0.600. The van der Waals surface area contributed by atoms with Crippen molar-refractivity contribution < 1.29 is 4.92 Å². The molecule has 0 N–H and O–H groups in total. The molecule has 0 bridgehead atoms. The minimum Gasteiger partial charge on any atom is -0.361 e. The maximum Gasteiger partial charge on any atom is 0.269 e. The molecule has 2 aliphatic rings. The first-order chi connectivity index (χ1) is 9.18. The van der Waals surface area contributed by atoms with E-state index in [4.69, 9.17) is 0 Å². The predicted molar refractivity (Wildman–Crippen MR) is 75.4 cm³/mol. The second kappa shape index (κ2) is 4.83. The molecule has 1 aromatic carbocycles. The van der Waals surface area contributed by atoms with Crippen LogP contribution in [-0.2, 0) is 0 Å². The number of benzene rings is 1. The van der Waals surface area contributed by atoms with E-state index in [0.29, 0.717) is 12.1 Å². The van der Waals surface area contributed by atoms with E-state index in [1.54, 1.807) is 12.1 Å². The summed E-state index contributed by atoms with van der Waals surface area (Å²) in [6.45, 7) is 2.34. The average molecular weight is 260 g/mol. The van der Waals surface area contributed by atoms with Gasteiger partial charge in [0.15, 0.2) is 0 Å². The Morgan fingerprint density at radius 2 is 1.84 bits per heavy atom. The summed E-state index contributed by atoms with van der Waals surface area (Å²) in [5, 5.41) is 10.7. The maximum atomic E-state index is 10.7. The Bertz CT molecular complexity index is 472. The fourth-order valence-corrected chi connectivity index (χ4v) is 3.54. The maximum absolute atomic E-state index is 10.7. The van der Waals surface area contributed by atoms with Crippen molar-refractivity contribution in [2.24, 2.45) is 5.92 Å². The first kappa shape index (κ1) is 12.5. The lowest BCUT2D eigenvalue weighted by molar-refractivity contribution is -0.384. The van der Waals surface area contributed by atoms with Crippen molar-refractivity contribution in [2.75, 3.05) is 4.90 Å². The van der Waals surface area contributed by atoms with Crippen molar-refractivity contribution in [3.05, 3.63) is 34.4 Å². The Morgan fingerprint density at radius 1 is 1.16 bits per heavy atom. The van der Waals surface area contributed by atoms with Gasteiger partial charge in [-0.1, -0.05) is 26.2 Å². The molecule has 0 spiro atoms. The summed E-state index contributed by atoms with van der Waals surface area (Å²) < 4.78 is 0. The molecule has 4 heteroatoms. The molecule has 0 amide bonds. The normalized spacial score (nSPS) is 30.2. The summed E-state index contributed by atoms with van der Waals surface area (Å²) in [7, 11) is 0. The molecule has 102 valence electrons. The van der Waals surface area contributed by atoms with Crippen LogP contribution in [0.3, 0.4) is 0 Å². The SMILES string of the molecule is C[C@@H]1CCCCC[C@H]2[C@@H]1N2c1ccc([N+](=O)[O-])cc1. The van der Waals surface area contributed by atoms with E-state index in [9.17, 15) is 10.1 Å². The summed E-state index contributed by atoms with van der Waals surface area (Å²) in [6.07, 6.45) is 6.59. The number of nitro benzene ring substituents is 1. The molecular formula is C15H20N2O2. The molecular weight excluding hydrogens is 240 g/mol. The zero-order chi connectivity index (χ0) is 13.4. The standard InChI is InChI=1S/C15H20N2O2/c1-11-5-3-2-4-6-14-15(11)16(14)12-7-9-13(10-8-12)17(18)19/h7-11,14-15H,2-6H2,1H3/t11-,14+,15-,16?/m1/s1. The molecule has 2 fully saturated rings. The average Bonchev–Trinajstić information content (AvgIpc) is 3.09. The largest absolute Gasteiger partial charge is 0.361 e. The van der Waals surface area contributed by atoms with Gasteiger partial charge < -0.3 is 4.90 Å². The highest BCUT2D eigenvalue weighted by Crippen LogP contribution is 2.45. The van der Waals surface area contributed by atoms with E-state index in [2.05, 4.69) is 11.8 Å². The highest BCUT2D eigenvalue weighted by atomic mass is 16.6. The molecule has 1 heterocycles. The van der Waals surface area contributed by atoms with Crippen molar-refractivity contribution in [3.8, 4) is 0 Å². The molecule has 0 unspecified atom stereocenters. The van der Waals surface area contributed by atoms with Crippen molar-refractivity contribution in [1.82, 2.24) is 0 Å². The molecule has 3 atom stereocenters. The Labute approximate surface area is 113 Å². The molecule has 1 saturated heterocycles. The Kier molecular flexibility index (Phi) is 3.17. The molecule has 1 aromatic rings. The minimum atomic E-state index is -0.336. The number of nitrogens with zero attached hydrogens (tertiary/aromatic N) is 2. The number of anilines is 1. The zero-order valence-corrected chi connectivity index (χ0v) is 11.3. The van der Waals surface area contributed by atoms with Crippen LogP contribution in [0.25, 0.3) is 0 Å². The number of hydrogen-bond acceptors (Lipinski definition) is 3. The topological polar surface area (TPSA) is 46.1 Å². The van der Waals surface area contributed by atoms with Gasteiger partial charge in [0.2, 0.25) is 0 Å². The second-order valence-electron chi connectivity index (χ2n) is 5.85. The summed E-state index contributed by atoms with van der Waals surface area (Å²) in [5.41, 5.74) is 1.32. The summed E-state index contributed by atoms with van der Waals surface area (Å²) in [6, 6.07) is 8.35. The van der Waals surface area contributed by atoms with Gasteiger partial charge in [-0.25, -0.2) is 0 Å². The van der Waals surface area contributed by atoms with Crippen LogP contribution >= 0.6 is 0 Å². The van der Waals surface area contributed by atoms with Crippen molar-refractivity contribution in [1.29, 1.82) is 0 Å². The molecule has 4 nitrogen and oxygen atoms in total. The quantitative estimate of drug-likeness (QED) is 0.462. The van der Waals surface area contributed by atoms with Crippen LogP contribution in [0, 0.1) is 16.0 Å². The van der Waals surface area contributed by atoms with E-state index in [1.165, 1.54) is 32.1 Å². The van der Waals surface area contributed by atoms with Crippen molar-refractivity contribution in [2.45, 2.75) is 51.1 Å². The van der Waals surface area contributed by atoms with Gasteiger partial charge in [-0.05, 0) is 30.9 Å². The number of non-ortho nitro benzene ring substituents is 1. The Balaban J connectivity index is 1.77. The monoisotopic (exact) mass is 260 g/mol. The van der Waals surface area contributed by atoms with Crippen LogP contribution in [0.15, 0.2) is 24.3 Å². The molecule has 3 rings (SSSR count). The van der Waals surface area contributed by atoms with Crippen molar-refractivity contribution >= 4 is 11.4 Å². The van der Waals surface area contributed by atoms with Crippen LogP contribution in [0.2, 0.25) is 0 Å². The highest BCUT2D eigenvalue weighted by molar-refractivity contribution is 5.59. The van der Waals surface area contributed by atoms with E-state index < -0.39 is 0 Å². The van der Waals surface area contributed by atoms with E-state index >= 15 is 0 Å². The minimum absolute atomic E-state index is 0.177. The van der Waals surface area contributed by atoms with E-state index in [0.717, 1.165) is 11.6 Å². The van der Waals surface area contributed by atoms with Gasteiger partial charge in [-0.2, -0.15) is 0 Å². The van der Waals surface area contributed by atoms with Gasteiger partial charge in [-0.3, -0.25) is 10.1 Å². The van der Waals surface area contributed by atoms with E-state index in [-0.39, 0.29) is 10.6 Å². The van der Waals surface area contributed by atoms with Gasteiger partial charge in [0, 0.05) is 23.9 Å². The Morgan fingerprint density at radius 3 is 2.53 bits per heavy atom. The highest BCUT2D eigenvalue weighted by Gasteiger charge is 2.49. The van der Waals surface area contributed by atoms with E-state index in [1.807, 2.05) is 12.1 Å². The van der Waals surface area contributed by atoms with Gasteiger partial charge in [0.05, 0.1) is 11.0 Å². The van der Waals surface area contributed by atoms with Crippen LogP contribution < -0.4 is 4.90 Å². The summed E-state index contributed by atoms with van der Waals surface area (Å²) >= 11 is 0. The predicted octanol–water partition coefficient (Wildman–Crippen LogP) is 3.75. The smallest absolute Gasteiger partial charge is 0.269 e. The van der Waals surface area contributed by atoms with Crippen LogP contribution in [0.5, 0.6) is 0 Å². The first-order valence-corrected chi connectivity index (χ1v) is 7.21. The molecule has 1 aliphatic carbocycles. The third-order valence-corrected chi connectivity index (χ3v) is 4.58. The molecule has 0 aromatic heterocycles. The van der Waals surface area contributed by atoms with Gasteiger partial charge in [0.25, 0.3) is 5.69 Å². The summed E-state index contributed by atoms with van der Waals surface area (Å²) in [4.78, 5) is 12.8. The summed E-state index contributed by atoms with van der Waals surface area (Å²) in [5.74, 6) is 0.737. The molecule has 0 radical (unpaired) electrons. The lowest BCUT2D eigenvalue weighted by Crippen LogP contribution is -2.11. The molecule has 1 saturated carbocycles. The second-order valence-corrected chi connectivity index (χ2v) is 5.85. The Hall–Kier alpha value is -1.58. The van der Waals surface area contributed by atoms with Gasteiger partial charge in [-0.15, -0.1) is 0 Å². The van der Waals surface area contributed by atoms with Gasteiger partial charge in [0.1, 0.15) is 0 Å². The lowest BCUT2D eigenvalue weighted by Gasteiger charge is -2.12. The van der Waals surface area contributed by atoms with Gasteiger partial charge >= 0.3 is 0 Å². The number of hydrogen-bond donors (Lipinski definition) is 0. The number of nitro groups is 1. The van der Waals surface area contributed by atoms with Crippen LogP contribution in [0.4, 0.5) is 11.4 Å². The van der Waals surface area contributed by atoms with Crippen LogP contribution in [0.1, 0.15) is 39.0 Å². The third-order valence-electron chi connectivity index (χ3n) is 4.58. The lowest BCUT2D eigenvalue weighted by atomic mass is 9.93. The van der Waals surface area contributed by atoms with Crippen LogP contribution in [-0.4, -0.2) is 17.0 Å². The number of fused-ring (bicyclic) bond motifs is 1. The molecule has 1 aliphatic heterocycles. The molecule has 19 heavy (non-hydrogen) atoms. The number of rotatable bonds is 2. The third kappa shape index (κ3) is 2.31. The first-order valence-electron chi connectivity index (χ1n) is 7.21. The van der Waals surface area contributed by atoms with Crippen molar-refractivity contribution in [3.63, 3.8) is 0 Å². The fourth-order valence-electron chi connectivity index (χ4n) is 3.54.